The van der Waals surface area contributed by atoms with Gasteiger partial charge in [0.05, 0.1) is 10.6 Å². The van der Waals surface area contributed by atoms with Crippen molar-refractivity contribution in [3.63, 3.8) is 0 Å². The van der Waals surface area contributed by atoms with Crippen molar-refractivity contribution >= 4 is 65.0 Å². The van der Waals surface area contributed by atoms with Crippen LogP contribution in [0.25, 0.3) is 6.08 Å². The third kappa shape index (κ3) is 5.08. The number of carbonyl (C=O) groups is 1. The molecule has 1 heterocycles. The molecule has 1 aromatic carbocycles. The molecular formula is C15H15ClF3NaO3S. The number of carboxylic acid groups (broad SMARTS) is 1. The van der Waals surface area contributed by atoms with Crippen molar-refractivity contribution in [1.29, 1.82) is 0 Å². The van der Waals surface area contributed by atoms with Crippen LogP contribution in [0.2, 0.25) is 5.02 Å². The predicted octanol–water partition coefficient (Wildman–Crippen LogP) is 4.23. The molecule has 0 saturated carbocycles. The molecule has 1 atom stereocenters. The van der Waals surface area contributed by atoms with E-state index >= 15 is 0 Å². The van der Waals surface area contributed by atoms with Crippen LogP contribution in [-0.4, -0.2) is 58.7 Å². The number of hydrogen-bond donors (Lipinski definition) is 1. The molecule has 1 aromatic rings. The maximum atomic E-state index is 13.0. The molecule has 3 nitrogen and oxygen atoms in total. The van der Waals surface area contributed by atoms with Crippen LogP contribution in [0.1, 0.15) is 19.4 Å². The van der Waals surface area contributed by atoms with Crippen LogP contribution in [0, 0.1) is 5.92 Å². The summed E-state index contributed by atoms with van der Waals surface area (Å²) in [4.78, 5) is 11.7. The summed E-state index contributed by atoms with van der Waals surface area (Å²) in [6.07, 6.45) is -6.34. The molecule has 0 aromatic heterocycles. The molecule has 1 N–H and O–H groups in total. The Labute approximate surface area is 168 Å². The summed E-state index contributed by atoms with van der Waals surface area (Å²) in [5.74, 6) is -0.563. The molecule has 24 heavy (non-hydrogen) atoms. The van der Waals surface area contributed by atoms with Crippen molar-refractivity contribution in [3.8, 4) is 5.75 Å². The third-order valence-electron chi connectivity index (χ3n) is 3.02. The number of rotatable bonds is 4. The molecule has 0 amide bonds. The van der Waals surface area contributed by atoms with Gasteiger partial charge in [0.2, 0.25) is 6.10 Å². The quantitative estimate of drug-likeness (QED) is 0.617. The zero-order chi connectivity index (χ0) is 17.4. The molecule has 0 aliphatic carbocycles. The van der Waals surface area contributed by atoms with Crippen molar-refractivity contribution in [1.82, 2.24) is 0 Å². The molecule has 0 fully saturated rings. The van der Waals surface area contributed by atoms with Gasteiger partial charge in [-0.2, -0.15) is 13.2 Å². The first-order valence-corrected chi connectivity index (χ1v) is 8.10. The van der Waals surface area contributed by atoms with Gasteiger partial charge in [0, 0.05) is 16.2 Å². The van der Waals surface area contributed by atoms with Crippen LogP contribution in [0.3, 0.4) is 0 Å². The van der Waals surface area contributed by atoms with Gasteiger partial charge in [0.15, 0.2) is 0 Å². The number of alkyl halides is 3. The predicted molar refractivity (Wildman–Crippen MR) is 90.2 cm³/mol. The zero-order valence-electron chi connectivity index (χ0n) is 12.3. The second kappa shape index (κ2) is 8.36. The van der Waals surface area contributed by atoms with Crippen molar-refractivity contribution in [2.24, 2.45) is 5.92 Å². The summed E-state index contributed by atoms with van der Waals surface area (Å²) >= 11 is 7.54. The number of halogens is 4. The van der Waals surface area contributed by atoms with E-state index in [0.717, 1.165) is 11.8 Å². The Morgan fingerprint density at radius 2 is 2.04 bits per heavy atom. The summed E-state index contributed by atoms with van der Waals surface area (Å²) < 4.78 is 44.0. The van der Waals surface area contributed by atoms with Crippen LogP contribution >= 0.6 is 23.4 Å². The first-order chi connectivity index (χ1) is 10.6. The molecule has 0 saturated heterocycles. The SMILES string of the molecule is CC(C)CSc1cc2c(cc1Cl)C=C(C(=O)O)[C@H](C(F)(F)F)O2.[NaH]. The van der Waals surface area contributed by atoms with Crippen LogP contribution in [0.5, 0.6) is 5.75 Å². The van der Waals surface area contributed by atoms with Crippen molar-refractivity contribution in [2.75, 3.05) is 5.75 Å². The fourth-order valence-electron chi connectivity index (χ4n) is 1.98. The Bertz CT molecular complexity index is 662. The Balaban J connectivity index is 0.00000288. The van der Waals surface area contributed by atoms with Gasteiger partial charge < -0.3 is 9.84 Å². The van der Waals surface area contributed by atoms with E-state index in [1.165, 1.54) is 23.9 Å². The minimum atomic E-state index is -4.81. The van der Waals surface area contributed by atoms with Crippen LogP contribution in [-0.2, 0) is 4.79 Å². The Kier molecular flexibility index (Phi) is 7.56. The van der Waals surface area contributed by atoms with Gasteiger partial charge in [0.25, 0.3) is 0 Å². The summed E-state index contributed by atoms with van der Waals surface area (Å²) in [7, 11) is 0. The van der Waals surface area contributed by atoms with E-state index in [1.54, 1.807) is 0 Å². The third-order valence-corrected chi connectivity index (χ3v) is 4.93. The average Bonchev–Trinajstić information content (AvgIpc) is 2.42. The number of carboxylic acids is 1. The van der Waals surface area contributed by atoms with E-state index in [4.69, 9.17) is 21.4 Å². The normalized spacial score (nSPS) is 16.8. The van der Waals surface area contributed by atoms with Crippen molar-refractivity contribution in [3.05, 3.63) is 28.3 Å². The standard InChI is InChI=1S/C15H14ClF3O3S.Na.H/c1-7(2)6-23-12-5-11-8(4-10(12)16)3-9(14(20)21)13(22-11)15(17,18)19;;/h3-5,7,13H,6H2,1-2H3,(H,20,21);;/t13-;;/m1../s1. The summed E-state index contributed by atoms with van der Waals surface area (Å²) in [6.45, 7) is 4.02. The molecule has 1 aliphatic rings. The molecule has 0 radical (unpaired) electrons. The summed E-state index contributed by atoms with van der Waals surface area (Å²) in [5, 5.41) is 9.33. The van der Waals surface area contributed by atoms with Crippen LogP contribution < -0.4 is 4.74 Å². The van der Waals surface area contributed by atoms with E-state index in [0.29, 0.717) is 15.8 Å². The van der Waals surface area contributed by atoms with Gasteiger partial charge in [-0.15, -0.1) is 11.8 Å². The van der Waals surface area contributed by atoms with Crippen molar-refractivity contribution in [2.45, 2.75) is 31.0 Å². The van der Waals surface area contributed by atoms with E-state index in [-0.39, 0.29) is 40.9 Å². The Morgan fingerprint density at radius 1 is 1.42 bits per heavy atom. The van der Waals surface area contributed by atoms with Gasteiger partial charge in [-0.1, -0.05) is 25.4 Å². The molecule has 0 bridgehead atoms. The fourth-order valence-corrected chi connectivity index (χ4v) is 3.22. The monoisotopic (exact) mass is 390 g/mol. The molecule has 9 heteroatoms. The molecule has 128 valence electrons. The number of hydrogen-bond acceptors (Lipinski definition) is 3. The van der Waals surface area contributed by atoms with E-state index in [1.807, 2.05) is 13.8 Å². The molecule has 0 spiro atoms. The second-order valence-corrected chi connectivity index (χ2v) is 6.94. The Morgan fingerprint density at radius 3 is 2.54 bits per heavy atom. The van der Waals surface area contributed by atoms with Crippen LogP contribution in [0.4, 0.5) is 13.2 Å². The van der Waals surface area contributed by atoms with Crippen molar-refractivity contribution < 1.29 is 27.8 Å². The molecule has 2 rings (SSSR count). The fraction of sp³-hybridized carbons (Fsp3) is 0.400. The van der Waals surface area contributed by atoms with E-state index in [9.17, 15) is 18.0 Å². The Hall–Kier alpha value is -0.340. The number of thioether (sulfide) groups is 1. The summed E-state index contributed by atoms with van der Waals surface area (Å²) in [6, 6.07) is 2.85. The number of fused-ring (bicyclic) bond motifs is 1. The first-order valence-electron chi connectivity index (χ1n) is 6.74. The van der Waals surface area contributed by atoms with E-state index in [2.05, 4.69) is 0 Å². The average molecular weight is 391 g/mol. The molecule has 1 aliphatic heterocycles. The number of ether oxygens (including phenoxy) is 1. The zero-order valence-corrected chi connectivity index (χ0v) is 13.9. The van der Waals surface area contributed by atoms with Gasteiger partial charge in [-0.3, -0.25) is 0 Å². The van der Waals surface area contributed by atoms with E-state index < -0.39 is 23.8 Å². The number of aliphatic carboxylic acids is 1. The molecule has 0 unspecified atom stereocenters. The molecular weight excluding hydrogens is 376 g/mol. The van der Waals surface area contributed by atoms with Gasteiger partial charge in [-0.05, 0) is 24.1 Å². The second-order valence-electron chi connectivity index (χ2n) is 5.47. The van der Waals surface area contributed by atoms with Gasteiger partial charge in [0.1, 0.15) is 5.75 Å². The topological polar surface area (TPSA) is 46.5 Å². The van der Waals surface area contributed by atoms with Gasteiger partial charge >= 0.3 is 41.7 Å². The summed E-state index contributed by atoms with van der Waals surface area (Å²) in [5.41, 5.74) is -0.634. The number of benzene rings is 1. The van der Waals surface area contributed by atoms with Gasteiger partial charge in [-0.25, -0.2) is 4.79 Å². The maximum absolute atomic E-state index is 13.0. The minimum absolute atomic E-state index is 0. The van der Waals surface area contributed by atoms with Crippen LogP contribution in [0.15, 0.2) is 22.6 Å². The first kappa shape index (κ1) is 21.7.